The monoisotopic (exact) mass is 351 g/mol. The molecule has 2 aromatic carbocycles. The molecular formula is C17H18ClNO3S. The number of hydrogen-bond donors (Lipinski definition) is 0. The lowest BCUT2D eigenvalue weighted by Crippen LogP contribution is -2.32. The first-order valence-corrected chi connectivity index (χ1v) is 9.23. The summed E-state index contributed by atoms with van der Waals surface area (Å²) in [6.45, 7) is 0.351. The molecular weight excluding hydrogens is 334 g/mol. The van der Waals surface area contributed by atoms with Gasteiger partial charge in [-0.25, -0.2) is 8.42 Å². The van der Waals surface area contributed by atoms with Crippen LogP contribution in [0.5, 0.6) is 5.75 Å². The largest absolute Gasteiger partial charge is 0.497 e. The minimum absolute atomic E-state index is 0.0704. The minimum atomic E-state index is -3.56. The van der Waals surface area contributed by atoms with Gasteiger partial charge in [-0.05, 0) is 48.7 Å². The van der Waals surface area contributed by atoms with Gasteiger partial charge in [-0.3, -0.25) is 0 Å². The number of hydrogen-bond acceptors (Lipinski definition) is 3. The smallest absolute Gasteiger partial charge is 0.243 e. The lowest BCUT2D eigenvalue weighted by Gasteiger charge is -2.22. The SMILES string of the molecule is COc1ccc(CN(C2CC2)S(=O)(=O)c2cccc(Cl)c2)cc1. The number of sulfonamides is 1. The lowest BCUT2D eigenvalue weighted by molar-refractivity contribution is 0.397. The van der Waals surface area contributed by atoms with Crippen molar-refractivity contribution in [2.24, 2.45) is 0 Å². The summed E-state index contributed by atoms with van der Waals surface area (Å²) in [4.78, 5) is 0.241. The molecule has 1 fully saturated rings. The van der Waals surface area contributed by atoms with Crippen LogP contribution in [0.2, 0.25) is 5.02 Å². The first-order chi connectivity index (χ1) is 11.0. The Morgan fingerprint density at radius 3 is 2.43 bits per heavy atom. The maximum Gasteiger partial charge on any atom is 0.243 e. The van der Waals surface area contributed by atoms with Crippen LogP contribution in [-0.4, -0.2) is 25.9 Å². The van der Waals surface area contributed by atoms with Gasteiger partial charge in [0.15, 0.2) is 0 Å². The Labute approximate surface area is 141 Å². The number of methoxy groups -OCH3 is 1. The Morgan fingerprint density at radius 2 is 1.87 bits per heavy atom. The molecule has 0 radical (unpaired) electrons. The van der Waals surface area contributed by atoms with Crippen LogP contribution >= 0.6 is 11.6 Å². The van der Waals surface area contributed by atoms with E-state index in [1.807, 2.05) is 24.3 Å². The molecule has 0 amide bonds. The molecule has 0 aromatic heterocycles. The highest BCUT2D eigenvalue weighted by Crippen LogP contribution is 2.34. The van der Waals surface area contributed by atoms with E-state index in [4.69, 9.17) is 16.3 Å². The van der Waals surface area contributed by atoms with Gasteiger partial charge in [0.2, 0.25) is 10.0 Å². The van der Waals surface area contributed by atoms with E-state index in [-0.39, 0.29) is 10.9 Å². The fraction of sp³-hybridized carbons (Fsp3) is 0.294. The van der Waals surface area contributed by atoms with Crippen LogP contribution in [0.25, 0.3) is 0 Å². The van der Waals surface area contributed by atoms with Crippen molar-refractivity contribution in [2.45, 2.75) is 30.3 Å². The summed E-state index contributed by atoms with van der Waals surface area (Å²) >= 11 is 5.95. The number of rotatable bonds is 6. The summed E-state index contributed by atoms with van der Waals surface area (Å²) < 4.78 is 32.6. The highest BCUT2D eigenvalue weighted by Gasteiger charge is 2.38. The summed E-state index contributed by atoms with van der Waals surface area (Å²) in [6, 6.07) is 14.0. The van der Waals surface area contributed by atoms with Crippen LogP contribution < -0.4 is 4.74 Å². The third kappa shape index (κ3) is 3.68. The van der Waals surface area contributed by atoms with E-state index >= 15 is 0 Å². The number of ether oxygens (including phenoxy) is 1. The van der Waals surface area contributed by atoms with Gasteiger partial charge in [-0.2, -0.15) is 4.31 Å². The zero-order chi connectivity index (χ0) is 16.4. The van der Waals surface area contributed by atoms with E-state index in [9.17, 15) is 8.42 Å². The van der Waals surface area contributed by atoms with Gasteiger partial charge in [0.05, 0.1) is 12.0 Å². The van der Waals surface area contributed by atoms with Crippen molar-refractivity contribution in [3.8, 4) is 5.75 Å². The second kappa shape index (κ2) is 6.51. The minimum Gasteiger partial charge on any atom is -0.497 e. The Balaban J connectivity index is 1.89. The van der Waals surface area contributed by atoms with Crippen LogP contribution in [0.3, 0.4) is 0 Å². The molecule has 2 aromatic rings. The molecule has 0 saturated heterocycles. The van der Waals surface area contributed by atoms with E-state index in [1.165, 1.54) is 6.07 Å². The third-order valence-electron chi connectivity index (χ3n) is 3.85. The maximum absolute atomic E-state index is 12.9. The summed E-state index contributed by atoms with van der Waals surface area (Å²) in [5.41, 5.74) is 0.934. The molecule has 6 heteroatoms. The second-order valence-electron chi connectivity index (χ2n) is 5.59. The second-order valence-corrected chi connectivity index (χ2v) is 7.91. The van der Waals surface area contributed by atoms with Gasteiger partial charge in [-0.15, -0.1) is 0 Å². The van der Waals surface area contributed by atoms with Crippen LogP contribution in [-0.2, 0) is 16.6 Å². The Morgan fingerprint density at radius 1 is 1.17 bits per heavy atom. The zero-order valence-electron chi connectivity index (χ0n) is 12.8. The van der Waals surface area contributed by atoms with Gasteiger partial charge < -0.3 is 4.74 Å². The van der Waals surface area contributed by atoms with E-state index < -0.39 is 10.0 Å². The fourth-order valence-electron chi connectivity index (χ4n) is 2.45. The first kappa shape index (κ1) is 16.3. The molecule has 122 valence electrons. The van der Waals surface area contributed by atoms with Crippen molar-refractivity contribution >= 4 is 21.6 Å². The molecule has 0 bridgehead atoms. The average Bonchev–Trinajstić information content (AvgIpc) is 3.37. The molecule has 1 aliphatic carbocycles. The third-order valence-corrected chi connectivity index (χ3v) is 5.98. The molecule has 0 unspecified atom stereocenters. The molecule has 1 saturated carbocycles. The van der Waals surface area contributed by atoms with Crippen molar-refractivity contribution in [2.75, 3.05) is 7.11 Å². The van der Waals surface area contributed by atoms with Crippen molar-refractivity contribution in [3.63, 3.8) is 0 Å². The molecule has 3 rings (SSSR count). The van der Waals surface area contributed by atoms with Crippen molar-refractivity contribution < 1.29 is 13.2 Å². The standard InChI is InChI=1S/C17H18ClNO3S/c1-22-16-9-5-13(6-10-16)12-19(15-7-8-15)23(20,21)17-4-2-3-14(18)11-17/h2-6,9-11,15H,7-8,12H2,1H3. The summed E-state index contributed by atoms with van der Waals surface area (Å²) in [5, 5.41) is 0.422. The predicted molar refractivity (Wildman–Crippen MR) is 90.2 cm³/mol. The predicted octanol–water partition coefficient (Wildman–Crippen LogP) is 3.70. The van der Waals surface area contributed by atoms with Crippen LogP contribution in [0, 0.1) is 0 Å². The molecule has 0 spiro atoms. The van der Waals surface area contributed by atoms with Crippen LogP contribution in [0.4, 0.5) is 0 Å². The first-order valence-electron chi connectivity index (χ1n) is 7.41. The van der Waals surface area contributed by atoms with Gasteiger partial charge in [0, 0.05) is 17.6 Å². The molecule has 23 heavy (non-hydrogen) atoms. The van der Waals surface area contributed by atoms with Gasteiger partial charge in [0.25, 0.3) is 0 Å². The van der Waals surface area contributed by atoms with Crippen molar-refractivity contribution in [3.05, 3.63) is 59.1 Å². The normalized spacial score (nSPS) is 14.9. The summed E-state index contributed by atoms with van der Waals surface area (Å²) in [5.74, 6) is 0.754. The number of benzene rings is 2. The van der Waals surface area contributed by atoms with E-state index in [1.54, 1.807) is 29.6 Å². The molecule has 4 nitrogen and oxygen atoms in total. The summed E-state index contributed by atoms with van der Waals surface area (Å²) in [7, 11) is -1.95. The average molecular weight is 352 g/mol. The van der Waals surface area contributed by atoms with Crippen molar-refractivity contribution in [1.29, 1.82) is 0 Å². The highest BCUT2D eigenvalue weighted by atomic mass is 35.5. The Kier molecular flexibility index (Phi) is 4.62. The van der Waals surface area contributed by atoms with E-state index in [2.05, 4.69) is 0 Å². The van der Waals surface area contributed by atoms with Crippen LogP contribution in [0.15, 0.2) is 53.4 Å². The number of nitrogens with zero attached hydrogens (tertiary/aromatic N) is 1. The molecule has 0 heterocycles. The maximum atomic E-state index is 12.9. The summed E-state index contributed by atoms with van der Waals surface area (Å²) in [6.07, 6.45) is 1.80. The highest BCUT2D eigenvalue weighted by molar-refractivity contribution is 7.89. The molecule has 1 aliphatic rings. The van der Waals surface area contributed by atoms with Gasteiger partial charge in [0.1, 0.15) is 5.75 Å². The zero-order valence-corrected chi connectivity index (χ0v) is 14.3. The molecule has 0 atom stereocenters. The number of halogens is 1. The Hall–Kier alpha value is -1.56. The quantitative estimate of drug-likeness (QED) is 0.797. The van der Waals surface area contributed by atoms with Gasteiger partial charge in [-0.1, -0.05) is 29.8 Å². The van der Waals surface area contributed by atoms with E-state index in [0.717, 1.165) is 24.2 Å². The van der Waals surface area contributed by atoms with E-state index in [0.29, 0.717) is 11.6 Å². The fourth-order valence-corrected chi connectivity index (χ4v) is 4.42. The molecule has 0 N–H and O–H groups in total. The Bertz CT molecular complexity index is 786. The topological polar surface area (TPSA) is 46.6 Å². The van der Waals surface area contributed by atoms with Gasteiger partial charge >= 0.3 is 0 Å². The molecule has 0 aliphatic heterocycles. The van der Waals surface area contributed by atoms with Crippen molar-refractivity contribution in [1.82, 2.24) is 4.31 Å². The van der Waals surface area contributed by atoms with Crippen LogP contribution in [0.1, 0.15) is 18.4 Å². The lowest BCUT2D eigenvalue weighted by atomic mass is 10.2.